The topological polar surface area (TPSA) is 20.2 Å². The summed E-state index contributed by atoms with van der Waals surface area (Å²) in [5.41, 5.74) is 4.73. The predicted molar refractivity (Wildman–Crippen MR) is 124 cm³/mol. The van der Waals surface area contributed by atoms with E-state index in [1.54, 1.807) is 0 Å². The molecule has 0 radical (unpaired) electrons. The van der Waals surface area contributed by atoms with Crippen molar-refractivity contribution in [1.29, 1.82) is 0 Å². The van der Waals surface area contributed by atoms with Crippen molar-refractivity contribution in [2.75, 3.05) is 0 Å². The zero-order valence-electron chi connectivity index (χ0n) is 20.3. The third-order valence-corrected chi connectivity index (χ3v) is 10.7. The standard InChI is InChI=1S/C28H48O/c1-18(2)8-7-9-19(3)22-12-13-24-21-10-11-23-20(4)26(29)15-17-28(23,6)25(21)14-16-27(22,24)5/h18-20,22-24,26,29H,7-17H2,1-6H3/t19-,20-,22-,23+,24+,26+,27-,28+/m1/s1. The van der Waals surface area contributed by atoms with E-state index in [0.29, 0.717) is 22.7 Å². The summed E-state index contributed by atoms with van der Waals surface area (Å²) < 4.78 is 0. The Kier molecular flexibility index (Phi) is 6.04. The zero-order chi connectivity index (χ0) is 21.0. The molecule has 2 fully saturated rings. The van der Waals surface area contributed by atoms with Gasteiger partial charge in [0.1, 0.15) is 0 Å². The zero-order valence-corrected chi connectivity index (χ0v) is 20.3. The van der Waals surface area contributed by atoms with Gasteiger partial charge in [0, 0.05) is 0 Å². The van der Waals surface area contributed by atoms with Crippen LogP contribution in [0.25, 0.3) is 0 Å². The molecule has 0 unspecified atom stereocenters. The highest BCUT2D eigenvalue weighted by atomic mass is 16.3. The lowest BCUT2D eigenvalue weighted by Crippen LogP contribution is -2.49. The van der Waals surface area contributed by atoms with Crippen LogP contribution in [-0.4, -0.2) is 11.2 Å². The molecule has 0 aromatic heterocycles. The Bertz CT molecular complexity index is 632. The Labute approximate surface area is 181 Å². The van der Waals surface area contributed by atoms with Crippen molar-refractivity contribution in [1.82, 2.24) is 0 Å². The van der Waals surface area contributed by atoms with Crippen LogP contribution in [0.3, 0.4) is 0 Å². The van der Waals surface area contributed by atoms with Crippen LogP contribution in [0.4, 0.5) is 0 Å². The second-order valence-corrected chi connectivity index (χ2v) is 12.6. The summed E-state index contributed by atoms with van der Waals surface area (Å²) in [4.78, 5) is 0. The van der Waals surface area contributed by atoms with Gasteiger partial charge >= 0.3 is 0 Å². The van der Waals surface area contributed by atoms with E-state index in [1.807, 2.05) is 11.1 Å². The van der Waals surface area contributed by atoms with Crippen molar-refractivity contribution < 1.29 is 5.11 Å². The maximum atomic E-state index is 10.5. The van der Waals surface area contributed by atoms with Gasteiger partial charge in [0.05, 0.1) is 6.10 Å². The number of aliphatic hydroxyl groups is 1. The van der Waals surface area contributed by atoms with E-state index in [2.05, 4.69) is 41.5 Å². The van der Waals surface area contributed by atoms with Gasteiger partial charge in [-0.2, -0.15) is 0 Å². The van der Waals surface area contributed by atoms with Gasteiger partial charge in [-0.05, 0) is 97.7 Å². The summed E-state index contributed by atoms with van der Waals surface area (Å²) in [5, 5.41) is 10.5. The molecular formula is C28H48O. The van der Waals surface area contributed by atoms with Gasteiger partial charge in [-0.1, -0.05) is 72.0 Å². The van der Waals surface area contributed by atoms with Crippen molar-refractivity contribution in [3.05, 3.63) is 11.1 Å². The maximum Gasteiger partial charge on any atom is 0.0569 e. The molecule has 8 atom stereocenters. The molecule has 0 aromatic rings. The van der Waals surface area contributed by atoms with Crippen molar-refractivity contribution in [3.8, 4) is 0 Å². The first-order chi connectivity index (χ1) is 13.7. The average molecular weight is 401 g/mol. The fourth-order valence-electron chi connectivity index (χ4n) is 8.93. The summed E-state index contributed by atoms with van der Waals surface area (Å²) >= 11 is 0. The number of rotatable bonds is 5. The summed E-state index contributed by atoms with van der Waals surface area (Å²) in [6, 6.07) is 0. The Morgan fingerprint density at radius 3 is 2.45 bits per heavy atom. The molecule has 0 aliphatic heterocycles. The molecule has 29 heavy (non-hydrogen) atoms. The Hall–Kier alpha value is -0.300. The van der Waals surface area contributed by atoms with Crippen molar-refractivity contribution in [2.24, 2.45) is 46.3 Å². The highest BCUT2D eigenvalue weighted by molar-refractivity contribution is 5.34. The van der Waals surface area contributed by atoms with Crippen molar-refractivity contribution in [3.63, 3.8) is 0 Å². The third-order valence-electron chi connectivity index (χ3n) is 10.7. The second-order valence-electron chi connectivity index (χ2n) is 12.6. The fraction of sp³-hybridized carbons (Fsp3) is 0.929. The van der Waals surface area contributed by atoms with E-state index < -0.39 is 0 Å². The molecule has 4 aliphatic carbocycles. The summed E-state index contributed by atoms with van der Waals surface area (Å²) in [6.07, 6.45) is 14.8. The average Bonchev–Trinajstić information content (AvgIpc) is 3.02. The molecule has 0 heterocycles. The van der Waals surface area contributed by atoms with E-state index in [9.17, 15) is 5.11 Å². The van der Waals surface area contributed by atoms with E-state index in [-0.39, 0.29) is 6.10 Å². The summed E-state index contributed by atoms with van der Waals surface area (Å²) in [6.45, 7) is 14.9. The van der Waals surface area contributed by atoms with Crippen LogP contribution in [0.2, 0.25) is 0 Å². The molecule has 1 nitrogen and oxygen atoms in total. The fourth-order valence-corrected chi connectivity index (χ4v) is 8.93. The highest BCUT2D eigenvalue weighted by Gasteiger charge is 2.56. The number of hydrogen-bond acceptors (Lipinski definition) is 1. The molecule has 2 saturated carbocycles. The van der Waals surface area contributed by atoms with Crippen molar-refractivity contribution >= 4 is 0 Å². The molecule has 0 aromatic carbocycles. The van der Waals surface area contributed by atoms with Gasteiger partial charge in [0.2, 0.25) is 0 Å². The Balaban J connectivity index is 1.54. The van der Waals surface area contributed by atoms with E-state index in [1.165, 1.54) is 64.2 Å². The molecule has 0 spiro atoms. The lowest BCUT2D eigenvalue weighted by molar-refractivity contribution is -0.0336. The van der Waals surface area contributed by atoms with Gasteiger partial charge in [-0.3, -0.25) is 0 Å². The molecule has 4 rings (SSSR count). The Morgan fingerprint density at radius 1 is 0.966 bits per heavy atom. The van der Waals surface area contributed by atoms with Crippen LogP contribution in [0.5, 0.6) is 0 Å². The van der Waals surface area contributed by atoms with Crippen LogP contribution >= 0.6 is 0 Å². The molecule has 0 amide bonds. The van der Waals surface area contributed by atoms with Gasteiger partial charge in [-0.25, -0.2) is 0 Å². The van der Waals surface area contributed by atoms with Crippen LogP contribution in [0.15, 0.2) is 11.1 Å². The van der Waals surface area contributed by atoms with Gasteiger partial charge in [-0.15, -0.1) is 0 Å². The van der Waals surface area contributed by atoms with Gasteiger partial charge in [0.25, 0.3) is 0 Å². The first-order valence-electron chi connectivity index (χ1n) is 13.1. The van der Waals surface area contributed by atoms with E-state index in [0.717, 1.165) is 30.1 Å². The van der Waals surface area contributed by atoms with Crippen LogP contribution in [0, 0.1) is 46.3 Å². The minimum Gasteiger partial charge on any atom is -0.393 e. The summed E-state index contributed by atoms with van der Waals surface area (Å²) in [5.74, 6) is 4.73. The number of fused-ring (bicyclic) bond motifs is 4. The lowest BCUT2D eigenvalue weighted by Gasteiger charge is -2.56. The quantitative estimate of drug-likeness (QED) is 0.467. The normalized spacial score (nSPS) is 45.7. The largest absolute Gasteiger partial charge is 0.393 e. The predicted octanol–water partition coefficient (Wildman–Crippen LogP) is 7.78. The third kappa shape index (κ3) is 3.56. The van der Waals surface area contributed by atoms with Gasteiger partial charge < -0.3 is 5.11 Å². The van der Waals surface area contributed by atoms with Gasteiger partial charge in [0.15, 0.2) is 0 Å². The summed E-state index contributed by atoms with van der Waals surface area (Å²) in [7, 11) is 0. The SMILES string of the molecule is CC(C)CCC[C@@H](C)[C@H]1CC[C@H]2C3=C(CC[C@]12C)[C@@]1(C)CC[C@H](O)[C@H](C)[C@@H]1CC3. The molecule has 4 aliphatic rings. The number of allylic oxidation sites excluding steroid dienone is 2. The number of hydrogen-bond donors (Lipinski definition) is 1. The van der Waals surface area contributed by atoms with Crippen LogP contribution in [0.1, 0.15) is 112 Å². The number of aliphatic hydroxyl groups excluding tert-OH is 1. The smallest absolute Gasteiger partial charge is 0.0569 e. The lowest BCUT2D eigenvalue weighted by atomic mass is 9.49. The van der Waals surface area contributed by atoms with Crippen molar-refractivity contribution in [2.45, 2.75) is 118 Å². The molecule has 166 valence electrons. The minimum atomic E-state index is -0.0633. The molecule has 1 N–H and O–H groups in total. The molecule has 0 bridgehead atoms. The monoisotopic (exact) mass is 400 g/mol. The molecule has 0 saturated heterocycles. The maximum absolute atomic E-state index is 10.5. The second kappa shape index (κ2) is 7.99. The Morgan fingerprint density at radius 2 is 1.72 bits per heavy atom. The van der Waals surface area contributed by atoms with E-state index in [4.69, 9.17) is 0 Å². The highest BCUT2D eigenvalue weighted by Crippen LogP contribution is 2.66. The van der Waals surface area contributed by atoms with Crippen LogP contribution in [-0.2, 0) is 0 Å². The van der Waals surface area contributed by atoms with E-state index >= 15 is 0 Å². The molecular weight excluding hydrogens is 352 g/mol. The molecule has 1 heteroatoms. The first kappa shape index (κ1) is 21.9. The first-order valence-corrected chi connectivity index (χ1v) is 13.1. The van der Waals surface area contributed by atoms with Crippen LogP contribution < -0.4 is 0 Å². The minimum absolute atomic E-state index is 0.0633.